The summed E-state index contributed by atoms with van der Waals surface area (Å²) in [6, 6.07) is 7.94. The van der Waals surface area contributed by atoms with Crippen molar-refractivity contribution in [1.82, 2.24) is 4.98 Å². The van der Waals surface area contributed by atoms with E-state index in [9.17, 15) is 4.79 Å². The number of carbonyl (C=O) groups is 1. The lowest BCUT2D eigenvalue weighted by molar-refractivity contribution is 0.262. The summed E-state index contributed by atoms with van der Waals surface area (Å²) in [6.45, 7) is 0. The van der Waals surface area contributed by atoms with E-state index < -0.39 is 6.03 Å². The number of nitrogens with one attached hydrogen (secondary N) is 2. The van der Waals surface area contributed by atoms with Gasteiger partial charge < -0.3 is 16.4 Å². The van der Waals surface area contributed by atoms with Crippen LogP contribution in [0.15, 0.2) is 42.7 Å². The van der Waals surface area contributed by atoms with Gasteiger partial charge in [-0.3, -0.25) is 4.98 Å². The van der Waals surface area contributed by atoms with E-state index in [4.69, 9.17) is 17.3 Å². The van der Waals surface area contributed by atoms with Crippen LogP contribution in [0.3, 0.4) is 0 Å². The average Bonchev–Trinajstić information content (AvgIpc) is 2.34. The lowest BCUT2D eigenvalue weighted by atomic mass is 10.3. The second kappa shape index (κ2) is 5.37. The van der Waals surface area contributed by atoms with Gasteiger partial charge in [0.2, 0.25) is 0 Å². The maximum Gasteiger partial charge on any atom is 0.323 e. The highest BCUT2D eigenvalue weighted by atomic mass is 35.5. The molecule has 92 valence electrons. The van der Waals surface area contributed by atoms with Crippen LogP contribution in [0.2, 0.25) is 5.02 Å². The molecule has 0 aliphatic rings. The molecule has 4 N–H and O–H groups in total. The van der Waals surface area contributed by atoms with Crippen LogP contribution in [0.25, 0.3) is 0 Å². The number of carbonyl (C=O) groups excluding carboxylic acids is 1. The van der Waals surface area contributed by atoms with Gasteiger partial charge >= 0.3 is 6.03 Å². The van der Waals surface area contributed by atoms with Gasteiger partial charge in [0.05, 0.1) is 22.6 Å². The number of benzene rings is 1. The zero-order valence-electron chi connectivity index (χ0n) is 9.35. The lowest BCUT2D eigenvalue weighted by Gasteiger charge is -2.09. The molecule has 0 radical (unpaired) electrons. The quantitative estimate of drug-likeness (QED) is 0.728. The van der Waals surface area contributed by atoms with E-state index >= 15 is 0 Å². The number of amides is 2. The number of nitrogens with zero attached hydrogens (tertiary/aromatic N) is 1. The van der Waals surface area contributed by atoms with Crippen molar-refractivity contribution in [3.63, 3.8) is 0 Å². The Bertz CT molecular complexity index is 559. The standard InChI is InChI=1S/C12H11ClN4O/c13-10-6-8(14)3-4-11(10)17-12(18)16-9-2-1-5-15-7-9/h1-7H,14H2,(H2,16,17,18). The molecular formula is C12H11ClN4O. The predicted molar refractivity (Wildman–Crippen MR) is 72.7 cm³/mol. The fourth-order valence-electron chi connectivity index (χ4n) is 1.35. The van der Waals surface area contributed by atoms with Crippen molar-refractivity contribution in [2.75, 3.05) is 16.4 Å². The number of hydrogen-bond donors (Lipinski definition) is 3. The summed E-state index contributed by atoms with van der Waals surface area (Å²) in [7, 11) is 0. The first-order chi connectivity index (χ1) is 8.65. The summed E-state index contributed by atoms with van der Waals surface area (Å²) >= 11 is 5.94. The topological polar surface area (TPSA) is 80.0 Å². The SMILES string of the molecule is Nc1ccc(NC(=O)Nc2cccnc2)c(Cl)c1. The second-order valence-electron chi connectivity index (χ2n) is 3.56. The van der Waals surface area contributed by atoms with E-state index in [1.807, 2.05) is 0 Å². The minimum absolute atomic E-state index is 0.385. The Morgan fingerprint density at radius 3 is 2.78 bits per heavy atom. The molecule has 0 unspecified atom stereocenters. The molecule has 6 heteroatoms. The zero-order chi connectivity index (χ0) is 13.0. The van der Waals surface area contributed by atoms with Gasteiger partial charge in [-0.2, -0.15) is 0 Å². The Morgan fingerprint density at radius 2 is 2.11 bits per heavy atom. The van der Waals surface area contributed by atoms with Crippen LogP contribution in [-0.2, 0) is 0 Å². The molecule has 1 heterocycles. The van der Waals surface area contributed by atoms with Gasteiger partial charge in [-0.05, 0) is 30.3 Å². The molecule has 1 aromatic carbocycles. The Morgan fingerprint density at radius 1 is 1.28 bits per heavy atom. The van der Waals surface area contributed by atoms with Gasteiger partial charge in [0, 0.05) is 11.9 Å². The number of rotatable bonds is 2. The van der Waals surface area contributed by atoms with Crippen molar-refractivity contribution in [2.45, 2.75) is 0 Å². The van der Waals surface area contributed by atoms with Gasteiger partial charge in [-0.15, -0.1) is 0 Å². The fourth-order valence-corrected chi connectivity index (χ4v) is 1.59. The van der Waals surface area contributed by atoms with Crippen LogP contribution in [0.4, 0.5) is 21.9 Å². The molecule has 5 nitrogen and oxygen atoms in total. The van der Waals surface area contributed by atoms with Crippen molar-refractivity contribution < 1.29 is 4.79 Å². The molecule has 2 aromatic rings. The van der Waals surface area contributed by atoms with Crippen molar-refractivity contribution >= 4 is 34.7 Å². The minimum atomic E-state index is -0.394. The molecule has 0 saturated carbocycles. The largest absolute Gasteiger partial charge is 0.399 e. The van der Waals surface area contributed by atoms with E-state index in [1.165, 1.54) is 0 Å². The van der Waals surface area contributed by atoms with Crippen LogP contribution < -0.4 is 16.4 Å². The highest BCUT2D eigenvalue weighted by Crippen LogP contribution is 2.24. The fraction of sp³-hybridized carbons (Fsp3) is 0. The van der Waals surface area contributed by atoms with E-state index in [1.54, 1.807) is 42.7 Å². The summed E-state index contributed by atoms with van der Waals surface area (Å²) < 4.78 is 0. The Hall–Kier alpha value is -2.27. The van der Waals surface area contributed by atoms with E-state index in [-0.39, 0.29) is 0 Å². The van der Waals surface area contributed by atoms with Crippen molar-refractivity contribution in [1.29, 1.82) is 0 Å². The van der Waals surface area contributed by atoms with Crippen LogP contribution in [0.5, 0.6) is 0 Å². The average molecular weight is 263 g/mol. The normalized spacial score (nSPS) is 9.83. The predicted octanol–water partition coefficient (Wildman–Crippen LogP) is 2.96. The number of urea groups is 1. The minimum Gasteiger partial charge on any atom is -0.399 e. The monoisotopic (exact) mass is 262 g/mol. The molecule has 0 aliphatic carbocycles. The van der Waals surface area contributed by atoms with Gasteiger partial charge in [0.15, 0.2) is 0 Å². The highest BCUT2D eigenvalue weighted by molar-refractivity contribution is 6.34. The Balaban J connectivity index is 2.03. The van der Waals surface area contributed by atoms with E-state index in [0.29, 0.717) is 22.1 Å². The number of pyridine rings is 1. The Kier molecular flexibility index (Phi) is 3.64. The van der Waals surface area contributed by atoms with Gasteiger partial charge in [0.25, 0.3) is 0 Å². The molecule has 1 aromatic heterocycles. The highest BCUT2D eigenvalue weighted by Gasteiger charge is 2.06. The number of aromatic nitrogens is 1. The van der Waals surface area contributed by atoms with Crippen LogP contribution in [0.1, 0.15) is 0 Å². The summed E-state index contributed by atoms with van der Waals surface area (Å²) in [5.41, 5.74) is 7.19. The molecule has 0 spiro atoms. The number of nitrogen functional groups attached to an aromatic ring is 1. The van der Waals surface area contributed by atoms with Crippen molar-refractivity contribution in [3.05, 3.63) is 47.7 Å². The zero-order valence-corrected chi connectivity index (χ0v) is 10.1. The molecule has 0 bridgehead atoms. The van der Waals surface area contributed by atoms with Crippen LogP contribution in [-0.4, -0.2) is 11.0 Å². The van der Waals surface area contributed by atoms with E-state index in [0.717, 1.165) is 0 Å². The summed E-state index contributed by atoms with van der Waals surface area (Å²) in [6.07, 6.45) is 3.17. The molecule has 18 heavy (non-hydrogen) atoms. The molecular weight excluding hydrogens is 252 g/mol. The number of anilines is 3. The van der Waals surface area contributed by atoms with Crippen molar-refractivity contribution in [2.24, 2.45) is 0 Å². The maximum atomic E-state index is 11.7. The van der Waals surface area contributed by atoms with Gasteiger partial charge in [-0.1, -0.05) is 11.6 Å². The third-order valence-corrected chi connectivity index (χ3v) is 2.47. The van der Waals surface area contributed by atoms with Crippen LogP contribution >= 0.6 is 11.6 Å². The third kappa shape index (κ3) is 3.11. The Labute approximate surface area is 109 Å². The summed E-state index contributed by atoms with van der Waals surface area (Å²) in [5, 5.41) is 5.64. The maximum absolute atomic E-state index is 11.7. The van der Waals surface area contributed by atoms with Gasteiger partial charge in [-0.25, -0.2) is 4.79 Å². The number of halogens is 1. The molecule has 2 rings (SSSR count). The molecule has 2 amide bonds. The van der Waals surface area contributed by atoms with Gasteiger partial charge in [0.1, 0.15) is 0 Å². The lowest BCUT2D eigenvalue weighted by Crippen LogP contribution is -2.19. The smallest absolute Gasteiger partial charge is 0.323 e. The molecule has 0 saturated heterocycles. The molecule has 0 aliphatic heterocycles. The molecule has 0 fully saturated rings. The first-order valence-corrected chi connectivity index (χ1v) is 5.56. The second-order valence-corrected chi connectivity index (χ2v) is 3.97. The number of hydrogen-bond acceptors (Lipinski definition) is 3. The van der Waals surface area contributed by atoms with Crippen LogP contribution in [0, 0.1) is 0 Å². The first kappa shape index (κ1) is 12.2. The summed E-state index contributed by atoms with van der Waals surface area (Å²) in [5.74, 6) is 0. The molecule has 0 atom stereocenters. The summed E-state index contributed by atoms with van der Waals surface area (Å²) in [4.78, 5) is 15.6. The van der Waals surface area contributed by atoms with Crippen molar-refractivity contribution in [3.8, 4) is 0 Å². The first-order valence-electron chi connectivity index (χ1n) is 5.18. The van der Waals surface area contributed by atoms with E-state index in [2.05, 4.69) is 15.6 Å². The third-order valence-electron chi connectivity index (χ3n) is 2.16. The number of nitrogens with two attached hydrogens (primary N) is 1.